The smallest absolute Gasteiger partial charge is 0.240 e. The summed E-state index contributed by atoms with van der Waals surface area (Å²) in [4.78, 5) is 16.2. The van der Waals surface area contributed by atoms with E-state index in [-0.39, 0.29) is 11.9 Å². The maximum absolute atomic E-state index is 11.8. The van der Waals surface area contributed by atoms with E-state index in [1.54, 1.807) is 11.3 Å². The molecule has 1 aliphatic heterocycles. The number of nitrogens with zero attached hydrogens (tertiary/aromatic N) is 1. The lowest BCUT2D eigenvalue weighted by Gasteiger charge is -2.27. The van der Waals surface area contributed by atoms with Crippen molar-refractivity contribution < 1.29 is 4.79 Å². The minimum atomic E-state index is -0.292. The van der Waals surface area contributed by atoms with Crippen LogP contribution in [0.5, 0.6) is 0 Å². The van der Waals surface area contributed by atoms with Gasteiger partial charge in [0.2, 0.25) is 5.91 Å². The zero-order valence-electron chi connectivity index (χ0n) is 10.4. The van der Waals surface area contributed by atoms with Crippen molar-refractivity contribution in [2.45, 2.75) is 19.4 Å². The predicted octanol–water partition coefficient (Wildman–Crippen LogP) is 1.64. The summed E-state index contributed by atoms with van der Waals surface area (Å²) in [5, 5.41) is 3.34. The Morgan fingerprint density at radius 1 is 1.56 bits per heavy atom. The van der Waals surface area contributed by atoms with E-state index in [9.17, 15) is 4.79 Å². The Balaban J connectivity index is 2.24. The molecule has 100 valence electrons. The van der Waals surface area contributed by atoms with E-state index in [4.69, 9.17) is 5.73 Å². The molecule has 1 aliphatic rings. The zero-order valence-corrected chi connectivity index (χ0v) is 12.8. The second kappa shape index (κ2) is 6.14. The molecular weight excluding hydrogens is 314 g/mol. The van der Waals surface area contributed by atoms with E-state index in [1.807, 2.05) is 13.0 Å². The molecule has 2 rings (SSSR count). The molecule has 1 aromatic rings. The largest absolute Gasteiger partial charge is 0.368 e. The fraction of sp³-hybridized carbons (Fsp3) is 0.583. The number of nitrogens with two attached hydrogens (primary N) is 1. The van der Waals surface area contributed by atoms with Crippen molar-refractivity contribution in [3.05, 3.63) is 20.3 Å². The quantitative estimate of drug-likeness (QED) is 0.885. The van der Waals surface area contributed by atoms with Crippen molar-refractivity contribution in [1.82, 2.24) is 10.2 Å². The maximum atomic E-state index is 11.8. The molecular formula is C12H18BrN3OS. The minimum absolute atomic E-state index is 0.259. The van der Waals surface area contributed by atoms with Gasteiger partial charge in [0.25, 0.3) is 0 Å². The Morgan fingerprint density at radius 3 is 2.94 bits per heavy atom. The van der Waals surface area contributed by atoms with Crippen LogP contribution in [0.15, 0.2) is 10.5 Å². The van der Waals surface area contributed by atoms with Crippen molar-refractivity contribution in [2.24, 2.45) is 5.73 Å². The molecule has 6 heteroatoms. The first kappa shape index (κ1) is 14.0. The van der Waals surface area contributed by atoms with Gasteiger partial charge >= 0.3 is 0 Å². The van der Waals surface area contributed by atoms with Crippen molar-refractivity contribution in [2.75, 3.05) is 26.2 Å². The predicted molar refractivity (Wildman–Crippen MR) is 77.8 cm³/mol. The van der Waals surface area contributed by atoms with Gasteiger partial charge in [-0.3, -0.25) is 9.69 Å². The summed E-state index contributed by atoms with van der Waals surface area (Å²) in [7, 11) is 0. The van der Waals surface area contributed by atoms with Gasteiger partial charge in [0.05, 0.1) is 0 Å². The molecule has 0 aromatic carbocycles. The molecule has 1 unspecified atom stereocenters. The zero-order chi connectivity index (χ0) is 13.1. The van der Waals surface area contributed by atoms with E-state index >= 15 is 0 Å². The molecule has 0 spiro atoms. The molecule has 4 nitrogen and oxygen atoms in total. The summed E-state index contributed by atoms with van der Waals surface area (Å²) in [5.41, 5.74) is 5.60. The number of rotatable bonds is 3. The summed E-state index contributed by atoms with van der Waals surface area (Å²) < 4.78 is 1.06. The van der Waals surface area contributed by atoms with Gasteiger partial charge in [0.1, 0.15) is 6.04 Å². The Morgan fingerprint density at radius 2 is 2.33 bits per heavy atom. The average Bonchev–Trinajstić information content (AvgIpc) is 2.55. The molecule has 0 saturated carbocycles. The monoisotopic (exact) mass is 331 g/mol. The number of thiophene rings is 1. The van der Waals surface area contributed by atoms with Crippen molar-refractivity contribution in [1.29, 1.82) is 0 Å². The Hall–Kier alpha value is -0.430. The van der Waals surface area contributed by atoms with Crippen LogP contribution in [0.4, 0.5) is 0 Å². The van der Waals surface area contributed by atoms with E-state index < -0.39 is 0 Å². The first-order valence-corrected chi connectivity index (χ1v) is 7.70. The molecule has 1 saturated heterocycles. The van der Waals surface area contributed by atoms with Crippen LogP contribution in [-0.2, 0) is 4.79 Å². The molecule has 1 atom stereocenters. The van der Waals surface area contributed by atoms with Gasteiger partial charge in [0, 0.05) is 33.9 Å². The first-order chi connectivity index (χ1) is 8.59. The second-order valence-corrected chi connectivity index (χ2v) is 6.64. The molecule has 1 fully saturated rings. The molecule has 2 heterocycles. The molecule has 1 aromatic heterocycles. The summed E-state index contributed by atoms with van der Waals surface area (Å²) in [6.45, 7) is 5.74. The number of hydrogen-bond acceptors (Lipinski definition) is 4. The fourth-order valence-electron chi connectivity index (χ4n) is 2.24. The van der Waals surface area contributed by atoms with E-state index in [0.717, 1.165) is 41.9 Å². The molecule has 18 heavy (non-hydrogen) atoms. The third-order valence-electron chi connectivity index (χ3n) is 3.16. The highest BCUT2D eigenvalue weighted by atomic mass is 79.9. The summed E-state index contributed by atoms with van der Waals surface area (Å²) in [6, 6.07) is 1.73. The lowest BCUT2D eigenvalue weighted by Crippen LogP contribution is -2.39. The fourth-order valence-corrected chi connectivity index (χ4v) is 3.95. The van der Waals surface area contributed by atoms with Crippen LogP contribution in [0.2, 0.25) is 0 Å². The molecule has 1 amide bonds. The number of halogens is 1. The van der Waals surface area contributed by atoms with Gasteiger partial charge in [-0.15, -0.1) is 11.3 Å². The average molecular weight is 332 g/mol. The van der Waals surface area contributed by atoms with E-state index in [0.29, 0.717) is 0 Å². The van der Waals surface area contributed by atoms with Crippen molar-refractivity contribution in [3.63, 3.8) is 0 Å². The molecule has 0 bridgehead atoms. The van der Waals surface area contributed by atoms with Crippen LogP contribution in [0.3, 0.4) is 0 Å². The number of carbonyl (C=O) groups excluding carboxylic acids is 1. The highest BCUT2D eigenvalue weighted by Gasteiger charge is 2.28. The van der Waals surface area contributed by atoms with Crippen LogP contribution in [0.1, 0.15) is 22.2 Å². The number of nitrogens with one attached hydrogen (secondary N) is 1. The topological polar surface area (TPSA) is 58.4 Å². The number of primary amides is 1. The number of hydrogen-bond donors (Lipinski definition) is 2. The van der Waals surface area contributed by atoms with Gasteiger partial charge in [-0.05, 0) is 41.9 Å². The summed E-state index contributed by atoms with van der Waals surface area (Å²) in [5.74, 6) is -0.259. The lowest BCUT2D eigenvalue weighted by molar-refractivity contribution is -0.123. The summed E-state index contributed by atoms with van der Waals surface area (Å²) in [6.07, 6.45) is 1.05. The lowest BCUT2D eigenvalue weighted by atomic mass is 10.2. The number of amides is 1. The molecule has 0 radical (unpaired) electrons. The van der Waals surface area contributed by atoms with Gasteiger partial charge in [0.15, 0.2) is 0 Å². The standard InChI is InChI=1S/C12H18BrN3OS/c1-8-9(13)7-10(18-8)11(12(14)17)16-5-2-3-15-4-6-16/h7,11,15H,2-6H2,1H3,(H2,14,17). The van der Waals surface area contributed by atoms with Crippen LogP contribution in [0, 0.1) is 6.92 Å². The van der Waals surface area contributed by atoms with Crippen molar-refractivity contribution >= 4 is 33.2 Å². The second-order valence-electron chi connectivity index (χ2n) is 4.50. The maximum Gasteiger partial charge on any atom is 0.240 e. The normalized spacial score (nSPS) is 19.4. The third-order valence-corrected chi connectivity index (χ3v) is 5.34. The van der Waals surface area contributed by atoms with Crippen molar-refractivity contribution in [3.8, 4) is 0 Å². The van der Waals surface area contributed by atoms with E-state index in [1.165, 1.54) is 4.88 Å². The Bertz CT molecular complexity index is 407. The highest BCUT2D eigenvalue weighted by Crippen LogP contribution is 2.33. The third kappa shape index (κ3) is 3.12. The van der Waals surface area contributed by atoms with Gasteiger partial charge in [-0.2, -0.15) is 0 Å². The van der Waals surface area contributed by atoms with Crippen LogP contribution < -0.4 is 11.1 Å². The van der Waals surface area contributed by atoms with Crippen LogP contribution >= 0.6 is 27.3 Å². The summed E-state index contributed by atoms with van der Waals surface area (Å²) >= 11 is 5.14. The van der Waals surface area contributed by atoms with Crippen LogP contribution in [0.25, 0.3) is 0 Å². The molecule has 0 aliphatic carbocycles. The number of aryl methyl sites for hydroxylation is 1. The number of carbonyl (C=O) groups is 1. The SMILES string of the molecule is Cc1sc(C(C(N)=O)N2CCCNCC2)cc1Br. The van der Waals surface area contributed by atoms with Gasteiger partial charge < -0.3 is 11.1 Å². The Kier molecular flexibility index (Phi) is 4.77. The Labute approximate surface area is 120 Å². The highest BCUT2D eigenvalue weighted by molar-refractivity contribution is 9.10. The van der Waals surface area contributed by atoms with Gasteiger partial charge in [-0.25, -0.2) is 0 Å². The van der Waals surface area contributed by atoms with E-state index in [2.05, 4.69) is 26.1 Å². The van der Waals surface area contributed by atoms with Crippen LogP contribution in [-0.4, -0.2) is 37.0 Å². The molecule has 3 N–H and O–H groups in total. The first-order valence-electron chi connectivity index (χ1n) is 6.09. The van der Waals surface area contributed by atoms with Gasteiger partial charge in [-0.1, -0.05) is 0 Å². The minimum Gasteiger partial charge on any atom is -0.368 e.